The molecule has 0 radical (unpaired) electrons. The van der Waals surface area contributed by atoms with E-state index in [-0.39, 0.29) is 17.7 Å². The second-order valence-electron chi connectivity index (χ2n) is 7.13. The molecular formula is C22H20N4O2S. The fourth-order valence-electron chi connectivity index (χ4n) is 3.76. The molecule has 3 aromatic rings. The first-order valence-corrected chi connectivity index (χ1v) is 10.3. The number of aromatic nitrogens is 1. The highest BCUT2D eigenvalue weighted by atomic mass is 32.1. The van der Waals surface area contributed by atoms with Gasteiger partial charge in [0.1, 0.15) is 0 Å². The maximum absolute atomic E-state index is 13.1. The fourth-order valence-corrected chi connectivity index (χ4v) is 4.41. The van der Waals surface area contributed by atoms with Crippen molar-refractivity contribution in [1.29, 1.82) is 5.26 Å². The van der Waals surface area contributed by atoms with Crippen LogP contribution in [-0.4, -0.2) is 58.2 Å². The third kappa shape index (κ3) is 3.77. The van der Waals surface area contributed by atoms with Crippen molar-refractivity contribution in [2.24, 2.45) is 0 Å². The third-order valence-corrected chi connectivity index (χ3v) is 6.11. The van der Waals surface area contributed by atoms with Crippen molar-refractivity contribution in [3.05, 3.63) is 65.2 Å². The van der Waals surface area contributed by atoms with Crippen LogP contribution in [0.1, 0.15) is 27.6 Å². The number of Topliss-reactive ketones (excluding diaryl/α,β-unsaturated/α-hetero) is 1. The van der Waals surface area contributed by atoms with Gasteiger partial charge < -0.3 is 4.90 Å². The zero-order valence-corrected chi connectivity index (χ0v) is 16.8. The summed E-state index contributed by atoms with van der Waals surface area (Å²) in [5.41, 5.74) is 3.65. The van der Waals surface area contributed by atoms with Crippen LogP contribution in [0.2, 0.25) is 0 Å². The molecule has 2 aromatic carbocycles. The maximum Gasteiger partial charge on any atom is 0.253 e. The minimum Gasteiger partial charge on any atom is -0.336 e. The number of hydrogen-bond acceptors (Lipinski definition) is 6. The number of thiazole rings is 1. The van der Waals surface area contributed by atoms with Gasteiger partial charge in [0.25, 0.3) is 5.91 Å². The quantitative estimate of drug-likeness (QED) is 0.624. The lowest BCUT2D eigenvalue weighted by Gasteiger charge is -2.41. The van der Waals surface area contributed by atoms with Crippen molar-refractivity contribution in [2.75, 3.05) is 19.6 Å². The number of ketones is 1. The van der Waals surface area contributed by atoms with Crippen molar-refractivity contribution in [3.63, 3.8) is 0 Å². The Hall–Kier alpha value is -3.08. The van der Waals surface area contributed by atoms with Gasteiger partial charge in [-0.2, -0.15) is 5.26 Å². The molecule has 0 saturated carbocycles. The predicted molar refractivity (Wildman–Crippen MR) is 112 cm³/mol. The summed E-state index contributed by atoms with van der Waals surface area (Å²) in [6.45, 7) is 3.38. The first-order valence-electron chi connectivity index (χ1n) is 9.45. The largest absolute Gasteiger partial charge is 0.336 e. The van der Waals surface area contributed by atoms with Crippen LogP contribution in [0.4, 0.5) is 0 Å². The summed E-state index contributed by atoms with van der Waals surface area (Å²) < 4.78 is 1.01. The Morgan fingerprint density at radius 3 is 2.69 bits per heavy atom. The molecule has 2 heterocycles. The summed E-state index contributed by atoms with van der Waals surface area (Å²) in [5.74, 6) is -0.247. The van der Waals surface area contributed by atoms with E-state index in [4.69, 9.17) is 0 Å². The van der Waals surface area contributed by atoms with Crippen LogP contribution in [0, 0.1) is 11.3 Å². The summed E-state index contributed by atoms with van der Waals surface area (Å²) >= 11 is 1.52. The van der Waals surface area contributed by atoms with Crippen LogP contribution in [0.5, 0.6) is 0 Å². The predicted octanol–water partition coefficient (Wildman–Crippen LogP) is 3.22. The van der Waals surface area contributed by atoms with E-state index < -0.39 is 6.04 Å². The Morgan fingerprint density at radius 2 is 1.97 bits per heavy atom. The van der Waals surface area contributed by atoms with E-state index in [2.05, 4.69) is 11.1 Å². The van der Waals surface area contributed by atoms with Crippen LogP contribution >= 0.6 is 11.3 Å². The van der Waals surface area contributed by atoms with Gasteiger partial charge in [0.05, 0.1) is 21.8 Å². The Morgan fingerprint density at radius 1 is 1.17 bits per heavy atom. The van der Waals surface area contributed by atoms with Gasteiger partial charge >= 0.3 is 0 Å². The van der Waals surface area contributed by atoms with E-state index >= 15 is 0 Å². The highest BCUT2D eigenvalue weighted by molar-refractivity contribution is 7.16. The average molecular weight is 404 g/mol. The normalized spacial score (nSPS) is 18.3. The number of nitrogens with zero attached hydrogens (tertiary/aromatic N) is 4. The Bertz CT molecular complexity index is 1090. The fraction of sp³-hybridized carbons (Fsp3) is 0.273. The van der Waals surface area contributed by atoms with E-state index in [0.717, 1.165) is 10.2 Å². The number of benzene rings is 2. The molecule has 146 valence electrons. The maximum atomic E-state index is 13.1. The van der Waals surface area contributed by atoms with Crippen molar-refractivity contribution in [1.82, 2.24) is 14.8 Å². The van der Waals surface area contributed by atoms with Crippen LogP contribution in [-0.2, 0) is 0 Å². The number of carbonyl (C=O) groups is 2. The standard InChI is InChI=1S/C22H20N4O2S/c1-15-13-25(22(28)16-5-3-2-4-6-16)9-10-26(15)19(12-23)21(27)17-7-8-20-18(11-17)24-14-29-20/h2-8,11,14-15,19H,9-10,13H2,1H3/t15-,19?/m1/s1. The SMILES string of the molecule is C[C@@H]1CN(C(=O)c2ccccc2)CCN1C(C#N)C(=O)c1ccc2scnc2c1. The van der Waals surface area contributed by atoms with Gasteiger partial charge in [-0.3, -0.25) is 14.5 Å². The molecule has 0 spiro atoms. The Labute approximate surface area is 173 Å². The van der Waals surface area contributed by atoms with Gasteiger partial charge in [-0.25, -0.2) is 4.98 Å². The molecule has 4 rings (SSSR count). The molecule has 7 heteroatoms. The van der Waals surface area contributed by atoms with Crippen molar-refractivity contribution >= 4 is 33.2 Å². The number of hydrogen-bond donors (Lipinski definition) is 0. The molecular weight excluding hydrogens is 384 g/mol. The van der Waals surface area contributed by atoms with Crippen molar-refractivity contribution in [3.8, 4) is 6.07 Å². The molecule has 1 aliphatic rings. The molecule has 1 aromatic heterocycles. The van der Waals surface area contributed by atoms with E-state index in [9.17, 15) is 14.9 Å². The number of rotatable bonds is 4. The molecule has 1 aliphatic heterocycles. The summed E-state index contributed by atoms with van der Waals surface area (Å²) in [6.07, 6.45) is 0. The van der Waals surface area contributed by atoms with E-state index in [1.54, 1.807) is 34.7 Å². The molecule has 6 nitrogen and oxygen atoms in total. The molecule has 0 N–H and O–H groups in total. The Balaban J connectivity index is 1.49. The van der Waals surface area contributed by atoms with Gasteiger partial charge in [0.2, 0.25) is 0 Å². The van der Waals surface area contributed by atoms with Crippen LogP contribution in [0.25, 0.3) is 10.2 Å². The summed E-state index contributed by atoms with van der Waals surface area (Å²) in [5, 5.41) is 9.75. The number of piperazine rings is 1. The van der Waals surface area contributed by atoms with Gasteiger partial charge in [0, 0.05) is 36.8 Å². The molecule has 29 heavy (non-hydrogen) atoms. The lowest BCUT2D eigenvalue weighted by atomic mass is 10.0. The first-order chi connectivity index (χ1) is 14.1. The number of amides is 1. The monoisotopic (exact) mass is 404 g/mol. The minimum absolute atomic E-state index is 0.0223. The van der Waals surface area contributed by atoms with E-state index in [1.165, 1.54) is 11.3 Å². The Kier molecular flexibility index (Phi) is 5.38. The average Bonchev–Trinajstić information content (AvgIpc) is 3.23. The minimum atomic E-state index is -0.880. The lowest BCUT2D eigenvalue weighted by molar-refractivity contribution is 0.0429. The summed E-state index contributed by atoms with van der Waals surface area (Å²) in [6, 6.07) is 15.7. The zero-order chi connectivity index (χ0) is 20.4. The van der Waals surface area contributed by atoms with Crippen LogP contribution < -0.4 is 0 Å². The highest BCUT2D eigenvalue weighted by Gasteiger charge is 2.35. The summed E-state index contributed by atoms with van der Waals surface area (Å²) in [7, 11) is 0. The van der Waals surface area contributed by atoms with Crippen molar-refractivity contribution in [2.45, 2.75) is 19.0 Å². The second kappa shape index (κ2) is 8.11. The van der Waals surface area contributed by atoms with Gasteiger partial charge in [0.15, 0.2) is 11.8 Å². The van der Waals surface area contributed by atoms with Gasteiger partial charge in [-0.1, -0.05) is 18.2 Å². The van der Waals surface area contributed by atoms with Crippen molar-refractivity contribution < 1.29 is 9.59 Å². The second-order valence-corrected chi connectivity index (χ2v) is 8.02. The molecule has 1 amide bonds. The zero-order valence-electron chi connectivity index (χ0n) is 16.0. The molecule has 1 fully saturated rings. The lowest BCUT2D eigenvalue weighted by Crippen LogP contribution is -2.58. The highest BCUT2D eigenvalue weighted by Crippen LogP contribution is 2.22. The molecule has 2 atom stereocenters. The van der Waals surface area contributed by atoms with E-state index in [1.807, 2.05) is 36.1 Å². The topological polar surface area (TPSA) is 77.3 Å². The molecule has 0 aliphatic carbocycles. The van der Waals surface area contributed by atoms with E-state index in [0.29, 0.717) is 30.8 Å². The first kappa shape index (κ1) is 19.2. The van der Waals surface area contributed by atoms with Crippen LogP contribution in [0.15, 0.2) is 54.0 Å². The summed E-state index contributed by atoms with van der Waals surface area (Å²) in [4.78, 5) is 33.7. The number of fused-ring (bicyclic) bond motifs is 1. The number of carbonyl (C=O) groups excluding carboxylic acids is 2. The smallest absolute Gasteiger partial charge is 0.253 e. The molecule has 1 saturated heterocycles. The molecule has 1 unspecified atom stereocenters. The van der Waals surface area contributed by atoms with Gasteiger partial charge in [-0.15, -0.1) is 11.3 Å². The van der Waals surface area contributed by atoms with Crippen LogP contribution in [0.3, 0.4) is 0 Å². The number of nitriles is 1. The third-order valence-electron chi connectivity index (χ3n) is 5.30. The molecule has 0 bridgehead atoms. The van der Waals surface area contributed by atoms with Gasteiger partial charge in [-0.05, 0) is 37.3 Å².